The summed E-state index contributed by atoms with van der Waals surface area (Å²) < 4.78 is 24.1. The van der Waals surface area contributed by atoms with E-state index in [1.165, 1.54) is 20.3 Å². The average Bonchev–Trinajstić information content (AvgIpc) is 2.53. The number of rotatable bonds is 3. The number of benzene rings is 1. The molecule has 0 radical (unpaired) electrons. The van der Waals surface area contributed by atoms with Crippen LogP contribution in [0.2, 0.25) is 0 Å². The molecule has 2 aromatic rings. The van der Waals surface area contributed by atoms with Gasteiger partial charge in [-0.05, 0) is 17.7 Å². The zero-order valence-electron chi connectivity index (χ0n) is 12.2. The van der Waals surface area contributed by atoms with E-state index in [0.29, 0.717) is 0 Å². The van der Waals surface area contributed by atoms with Crippen molar-refractivity contribution in [1.29, 1.82) is 10.5 Å². The highest BCUT2D eigenvalue weighted by atomic mass is 19.1. The molecule has 3 N–H and O–H groups in total. The van der Waals surface area contributed by atoms with E-state index in [-0.39, 0.29) is 39.6 Å². The Morgan fingerprint density at radius 1 is 1.17 bits per heavy atom. The normalized spacial score (nSPS) is 9.78. The number of hydrogen-bond donors (Lipinski definition) is 2. The van der Waals surface area contributed by atoms with Crippen LogP contribution in [0.3, 0.4) is 0 Å². The van der Waals surface area contributed by atoms with Crippen LogP contribution < -0.4 is 20.8 Å². The number of nitrogens with one attached hydrogen (secondary N) is 1. The molecule has 0 saturated heterocycles. The maximum Gasteiger partial charge on any atom is 0.268 e. The van der Waals surface area contributed by atoms with Gasteiger partial charge in [0.2, 0.25) is 0 Å². The zero-order valence-corrected chi connectivity index (χ0v) is 12.2. The van der Waals surface area contributed by atoms with Crippen molar-refractivity contribution in [2.75, 3.05) is 20.0 Å². The molecule has 0 aliphatic heterocycles. The highest BCUT2D eigenvalue weighted by Crippen LogP contribution is 2.37. The second kappa shape index (κ2) is 6.08. The summed E-state index contributed by atoms with van der Waals surface area (Å²) in [7, 11) is 2.58. The van der Waals surface area contributed by atoms with E-state index in [2.05, 4.69) is 4.98 Å². The van der Waals surface area contributed by atoms with Crippen LogP contribution in [0.15, 0.2) is 16.9 Å². The van der Waals surface area contributed by atoms with E-state index in [1.54, 1.807) is 6.07 Å². The molecule has 0 bridgehead atoms. The van der Waals surface area contributed by atoms with Crippen LogP contribution in [0.1, 0.15) is 11.1 Å². The molecule has 0 unspecified atom stereocenters. The van der Waals surface area contributed by atoms with Crippen molar-refractivity contribution in [2.24, 2.45) is 0 Å². The number of anilines is 1. The highest BCUT2D eigenvalue weighted by Gasteiger charge is 2.21. The van der Waals surface area contributed by atoms with Crippen molar-refractivity contribution < 1.29 is 13.9 Å². The summed E-state index contributed by atoms with van der Waals surface area (Å²) in [6.07, 6.45) is 0. The lowest BCUT2D eigenvalue weighted by atomic mass is 9.96. The van der Waals surface area contributed by atoms with E-state index in [0.717, 1.165) is 6.07 Å². The van der Waals surface area contributed by atoms with Crippen LogP contribution in [0.25, 0.3) is 11.1 Å². The molecule has 1 aromatic carbocycles. The number of nitrogens with zero attached hydrogens (tertiary/aromatic N) is 2. The molecular formula is C15H11FN4O3. The Labute approximate surface area is 130 Å². The number of aromatic amines is 1. The number of nitrogens with two attached hydrogens (primary N) is 1. The minimum atomic E-state index is -0.770. The molecule has 0 aliphatic carbocycles. The predicted molar refractivity (Wildman–Crippen MR) is 79.4 cm³/mol. The molecule has 23 heavy (non-hydrogen) atoms. The Morgan fingerprint density at radius 2 is 1.83 bits per heavy atom. The van der Waals surface area contributed by atoms with Crippen molar-refractivity contribution in [1.82, 2.24) is 4.98 Å². The van der Waals surface area contributed by atoms with Gasteiger partial charge >= 0.3 is 0 Å². The fourth-order valence-electron chi connectivity index (χ4n) is 2.19. The van der Waals surface area contributed by atoms with Gasteiger partial charge in [-0.1, -0.05) is 0 Å². The monoisotopic (exact) mass is 314 g/mol. The van der Waals surface area contributed by atoms with E-state index in [1.807, 2.05) is 6.07 Å². The van der Waals surface area contributed by atoms with Gasteiger partial charge in [-0.3, -0.25) is 4.79 Å². The number of hydrogen-bond acceptors (Lipinski definition) is 6. The van der Waals surface area contributed by atoms with Gasteiger partial charge < -0.3 is 20.2 Å². The topological polar surface area (TPSA) is 125 Å². The number of H-pyrrole nitrogens is 1. The first-order valence-electron chi connectivity index (χ1n) is 6.26. The van der Waals surface area contributed by atoms with Crippen molar-refractivity contribution in [3.63, 3.8) is 0 Å². The van der Waals surface area contributed by atoms with E-state index >= 15 is 0 Å². The second-order valence-corrected chi connectivity index (χ2v) is 4.41. The van der Waals surface area contributed by atoms with Gasteiger partial charge in [0.1, 0.15) is 29.1 Å². The molecular weight excluding hydrogens is 303 g/mol. The molecule has 8 heteroatoms. The zero-order chi connectivity index (χ0) is 17.1. The summed E-state index contributed by atoms with van der Waals surface area (Å²) in [5.41, 5.74) is 4.42. The lowest BCUT2D eigenvalue weighted by Gasteiger charge is -2.13. The van der Waals surface area contributed by atoms with Gasteiger partial charge in [-0.15, -0.1) is 0 Å². The van der Waals surface area contributed by atoms with Gasteiger partial charge in [-0.25, -0.2) is 4.39 Å². The summed E-state index contributed by atoms with van der Waals surface area (Å²) in [6, 6.07) is 5.91. The third-order valence-electron chi connectivity index (χ3n) is 3.19. The molecule has 0 fully saturated rings. The predicted octanol–water partition coefficient (Wildman–Crippen LogP) is 1.52. The fraction of sp³-hybridized carbons (Fsp3) is 0.133. The maximum atomic E-state index is 14.2. The van der Waals surface area contributed by atoms with Gasteiger partial charge in [-0.2, -0.15) is 10.5 Å². The molecule has 0 spiro atoms. The third-order valence-corrected chi connectivity index (χ3v) is 3.19. The summed E-state index contributed by atoms with van der Waals surface area (Å²) in [6.45, 7) is 0. The quantitative estimate of drug-likeness (QED) is 0.885. The van der Waals surface area contributed by atoms with Crippen LogP contribution in [0.4, 0.5) is 10.2 Å². The molecule has 116 valence electrons. The van der Waals surface area contributed by atoms with Gasteiger partial charge in [0.15, 0.2) is 17.3 Å². The Morgan fingerprint density at radius 3 is 2.35 bits per heavy atom. The van der Waals surface area contributed by atoms with Gasteiger partial charge in [0.25, 0.3) is 5.56 Å². The Balaban J connectivity index is 2.93. The standard InChI is InChI=1S/C15H11FN4O3/c1-22-11-4-7(3-10(16)13(11)23-2)12-8(5-17)14(19)20-15(21)9(12)6-18/h3-4H,1-2H3,(H3,19,20,21). The largest absolute Gasteiger partial charge is 0.493 e. The first-order valence-corrected chi connectivity index (χ1v) is 6.26. The number of pyridine rings is 1. The van der Waals surface area contributed by atoms with Crippen molar-refractivity contribution in [2.45, 2.75) is 0 Å². The lowest BCUT2D eigenvalue weighted by molar-refractivity contribution is 0.338. The van der Waals surface area contributed by atoms with Crippen LogP contribution in [-0.4, -0.2) is 19.2 Å². The fourth-order valence-corrected chi connectivity index (χ4v) is 2.19. The minimum absolute atomic E-state index is 0.0501. The maximum absolute atomic E-state index is 14.2. The second-order valence-electron chi connectivity index (χ2n) is 4.41. The highest BCUT2D eigenvalue weighted by molar-refractivity contribution is 5.81. The molecule has 7 nitrogen and oxygen atoms in total. The number of halogens is 1. The first-order chi connectivity index (χ1) is 11.0. The van der Waals surface area contributed by atoms with Crippen LogP contribution in [0, 0.1) is 28.5 Å². The molecule has 0 saturated carbocycles. The van der Waals surface area contributed by atoms with Crippen LogP contribution in [-0.2, 0) is 0 Å². The molecule has 0 atom stereocenters. The smallest absolute Gasteiger partial charge is 0.268 e. The van der Waals surface area contributed by atoms with Crippen molar-refractivity contribution in [3.05, 3.63) is 39.4 Å². The Kier molecular flexibility index (Phi) is 4.19. The average molecular weight is 314 g/mol. The minimum Gasteiger partial charge on any atom is -0.493 e. The Bertz CT molecular complexity index is 922. The summed E-state index contributed by atoms with van der Waals surface area (Å²) >= 11 is 0. The SMILES string of the molecule is COc1cc(-c2c(C#N)c(N)[nH]c(=O)c2C#N)cc(F)c1OC. The van der Waals surface area contributed by atoms with Crippen LogP contribution in [0.5, 0.6) is 11.5 Å². The summed E-state index contributed by atoms with van der Waals surface area (Å²) in [5, 5.41) is 18.5. The number of nitrogen functional groups attached to an aromatic ring is 1. The number of methoxy groups -OCH3 is 2. The number of nitriles is 2. The van der Waals surface area contributed by atoms with Crippen molar-refractivity contribution >= 4 is 5.82 Å². The molecule has 0 amide bonds. The van der Waals surface area contributed by atoms with Crippen molar-refractivity contribution in [3.8, 4) is 34.8 Å². The summed E-state index contributed by atoms with van der Waals surface area (Å²) in [5.74, 6) is -1.06. The lowest BCUT2D eigenvalue weighted by Crippen LogP contribution is -2.16. The number of ether oxygens (including phenoxy) is 2. The van der Waals surface area contributed by atoms with Gasteiger partial charge in [0.05, 0.1) is 14.2 Å². The van der Waals surface area contributed by atoms with Crippen LogP contribution >= 0.6 is 0 Å². The molecule has 1 heterocycles. The Hall–Kier alpha value is -3.52. The van der Waals surface area contributed by atoms with E-state index < -0.39 is 11.4 Å². The van der Waals surface area contributed by atoms with E-state index in [4.69, 9.17) is 15.2 Å². The van der Waals surface area contributed by atoms with E-state index in [9.17, 15) is 19.7 Å². The molecule has 0 aliphatic rings. The molecule has 2 rings (SSSR count). The third kappa shape index (κ3) is 2.54. The molecule has 1 aromatic heterocycles. The first kappa shape index (κ1) is 15.9. The number of aromatic nitrogens is 1. The van der Waals surface area contributed by atoms with Gasteiger partial charge in [0, 0.05) is 5.56 Å². The summed E-state index contributed by atoms with van der Waals surface area (Å²) in [4.78, 5) is 14.1.